The van der Waals surface area contributed by atoms with E-state index in [2.05, 4.69) is 169 Å². The lowest BCUT2D eigenvalue weighted by Gasteiger charge is -2.27. The summed E-state index contributed by atoms with van der Waals surface area (Å²) < 4.78 is 6.61. The van der Waals surface area contributed by atoms with Gasteiger partial charge in [0.05, 0.1) is 11.1 Å². The van der Waals surface area contributed by atoms with Gasteiger partial charge in [0, 0.05) is 22.1 Å². The van der Waals surface area contributed by atoms with Crippen molar-refractivity contribution in [2.24, 2.45) is 0 Å². The minimum atomic E-state index is 0.879. The van der Waals surface area contributed by atoms with Crippen LogP contribution in [0.25, 0.3) is 65.4 Å². The smallest absolute Gasteiger partial charge is 0.143 e. The van der Waals surface area contributed by atoms with Gasteiger partial charge in [-0.3, -0.25) is 0 Å². The second-order valence-corrected chi connectivity index (χ2v) is 11.4. The first-order valence-electron chi connectivity index (χ1n) is 15.0. The van der Waals surface area contributed by atoms with Crippen molar-refractivity contribution in [1.29, 1.82) is 0 Å². The van der Waals surface area contributed by atoms with Crippen LogP contribution in [0, 0.1) is 0 Å². The van der Waals surface area contributed by atoms with Gasteiger partial charge in [-0.15, -0.1) is 0 Å². The van der Waals surface area contributed by atoms with Gasteiger partial charge in [-0.05, 0) is 80.5 Å². The zero-order valence-electron chi connectivity index (χ0n) is 23.9. The number of rotatable bonds is 4. The van der Waals surface area contributed by atoms with E-state index in [1.165, 1.54) is 38.1 Å². The number of benzene rings is 8. The number of hydrogen-bond donors (Lipinski definition) is 0. The van der Waals surface area contributed by atoms with E-state index in [9.17, 15) is 0 Å². The van der Waals surface area contributed by atoms with Crippen molar-refractivity contribution >= 4 is 71.3 Å². The first-order valence-corrected chi connectivity index (χ1v) is 15.0. The Bertz CT molecular complexity index is 2520. The maximum absolute atomic E-state index is 6.61. The zero-order chi connectivity index (χ0) is 29.0. The fourth-order valence-corrected chi connectivity index (χ4v) is 6.75. The highest BCUT2D eigenvalue weighted by molar-refractivity contribution is 6.19. The zero-order valence-corrected chi connectivity index (χ0v) is 23.9. The number of fused-ring (bicyclic) bond motifs is 7. The molecule has 0 aliphatic carbocycles. The Hall–Kier alpha value is -5.86. The van der Waals surface area contributed by atoms with E-state index in [1.807, 2.05) is 0 Å². The number of anilines is 3. The van der Waals surface area contributed by atoms with Gasteiger partial charge in [0.25, 0.3) is 0 Å². The van der Waals surface area contributed by atoms with Gasteiger partial charge in [0.1, 0.15) is 11.2 Å². The molecule has 0 spiro atoms. The lowest BCUT2D eigenvalue weighted by Crippen LogP contribution is -2.10. The third-order valence-corrected chi connectivity index (χ3v) is 8.80. The molecule has 0 saturated heterocycles. The van der Waals surface area contributed by atoms with Crippen LogP contribution in [0.2, 0.25) is 0 Å². The Morgan fingerprint density at radius 2 is 1.07 bits per heavy atom. The fourth-order valence-electron chi connectivity index (χ4n) is 6.75. The molecule has 0 bridgehead atoms. The molecule has 0 radical (unpaired) electrons. The molecule has 0 atom stereocenters. The van der Waals surface area contributed by atoms with Crippen molar-refractivity contribution in [2.45, 2.75) is 0 Å². The van der Waals surface area contributed by atoms with Crippen molar-refractivity contribution in [1.82, 2.24) is 0 Å². The molecule has 0 fully saturated rings. The molecule has 1 heterocycles. The average Bonchev–Trinajstić information content (AvgIpc) is 3.48. The van der Waals surface area contributed by atoms with Crippen LogP contribution < -0.4 is 4.90 Å². The molecule has 0 N–H and O–H groups in total. The summed E-state index contributed by atoms with van der Waals surface area (Å²) in [5.41, 5.74) is 7.48. The summed E-state index contributed by atoms with van der Waals surface area (Å²) in [4.78, 5) is 2.38. The fraction of sp³-hybridized carbons (Fsp3) is 0. The molecule has 0 saturated carbocycles. The molecule has 1 aromatic heterocycles. The lowest BCUT2D eigenvalue weighted by atomic mass is 9.97. The summed E-state index contributed by atoms with van der Waals surface area (Å²) in [6, 6.07) is 58.6. The molecule has 9 rings (SSSR count). The molecule has 44 heavy (non-hydrogen) atoms. The van der Waals surface area contributed by atoms with Crippen molar-refractivity contribution < 1.29 is 4.42 Å². The van der Waals surface area contributed by atoms with E-state index in [0.717, 1.165) is 44.4 Å². The highest BCUT2D eigenvalue weighted by Gasteiger charge is 2.21. The van der Waals surface area contributed by atoms with E-state index < -0.39 is 0 Å². The predicted molar refractivity (Wildman–Crippen MR) is 186 cm³/mol. The Labute approximate surface area is 255 Å². The van der Waals surface area contributed by atoms with E-state index in [4.69, 9.17) is 4.42 Å². The van der Waals surface area contributed by atoms with Gasteiger partial charge in [-0.25, -0.2) is 0 Å². The van der Waals surface area contributed by atoms with Gasteiger partial charge >= 0.3 is 0 Å². The molecule has 206 valence electrons. The summed E-state index contributed by atoms with van der Waals surface area (Å²) in [5.74, 6) is 0. The molecular weight excluding hydrogens is 534 g/mol. The lowest BCUT2D eigenvalue weighted by molar-refractivity contribution is 0.672. The Morgan fingerprint density at radius 1 is 0.409 bits per heavy atom. The minimum absolute atomic E-state index is 0.879. The van der Waals surface area contributed by atoms with E-state index in [-0.39, 0.29) is 0 Å². The second-order valence-electron chi connectivity index (χ2n) is 11.4. The molecule has 0 aliphatic heterocycles. The topological polar surface area (TPSA) is 16.4 Å². The van der Waals surface area contributed by atoms with E-state index in [0.29, 0.717) is 0 Å². The van der Waals surface area contributed by atoms with Crippen LogP contribution in [0.15, 0.2) is 168 Å². The van der Waals surface area contributed by atoms with E-state index in [1.54, 1.807) is 0 Å². The summed E-state index contributed by atoms with van der Waals surface area (Å²) in [7, 11) is 0. The molecule has 0 amide bonds. The predicted octanol–water partition coefficient (Wildman–Crippen LogP) is 12.2. The largest absolute Gasteiger partial charge is 0.455 e. The quantitative estimate of drug-likeness (QED) is 0.212. The third kappa shape index (κ3) is 3.89. The molecule has 2 nitrogen and oxygen atoms in total. The summed E-state index contributed by atoms with van der Waals surface area (Å²) >= 11 is 0. The van der Waals surface area contributed by atoms with Gasteiger partial charge in [0.15, 0.2) is 0 Å². The Balaban J connectivity index is 1.33. The molecule has 8 aromatic carbocycles. The monoisotopic (exact) mass is 561 g/mol. The molecular formula is C42H27NO. The molecule has 0 aliphatic rings. The highest BCUT2D eigenvalue weighted by atomic mass is 16.3. The van der Waals surface area contributed by atoms with Crippen LogP contribution in [-0.2, 0) is 0 Å². The normalized spacial score (nSPS) is 11.6. The van der Waals surface area contributed by atoms with Crippen LogP contribution in [0.3, 0.4) is 0 Å². The van der Waals surface area contributed by atoms with Crippen LogP contribution in [0.4, 0.5) is 17.1 Å². The second kappa shape index (κ2) is 9.86. The molecule has 0 unspecified atom stereocenters. The number of hydrogen-bond acceptors (Lipinski definition) is 2. The molecule has 9 aromatic rings. The van der Waals surface area contributed by atoms with Crippen LogP contribution >= 0.6 is 0 Å². The third-order valence-electron chi connectivity index (χ3n) is 8.80. The van der Waals surface area contributed by atoms with Crippen molar-refractivity contribution in [3.8, 4) is 11.1 Å². The van der Waals surface area contributed by atoms with Crippen LogP contribution in [-0.4, -0.2) is 0 Å². The SMILES string of the molecule is c1cc(-c2cccc3ccccc23)cc(N(c2ccc3ccccc3c2)c2cccc3oc4c5ccccc5ccc4c23)c1. The first kappa shape index (κ1) is 24.7. The van der Waals surface area contributed by atoms with Gasteiger partial charge < -0.3 is 9.32 Å². The standard InChI is InChI=1S/C42H27NO/c1-2-13-31-26-34(24-22-28(31)10-1)43(33-16-7-15-32(27-33)36-19-8-14-29-11-3-5-17-35(29)36)39-20-9-21-40-41(39)38-25-23-30-12-4-6-18-37(30)42(38)44-40/h1-27H. The van der Waals surface area contributed by atoms with E-state index >= 15 is 0 Å². The summed E-state index contributed by atoms with van der Waals surface area (Å²) in [6.07, 6.45) is 0. The van der Waals surface area contributed by atoms with Crippen molar-refractivity contribution in [2.75, 3.05) is 4.90 Å². The number of furan rings is 1. The van der Waals surface area contributed by atoms with Crippen molar-refractivity contribution in [3.05, 3.63) is 164 Å². The summed E-state index contributed by atoms with van der Waals surface area (Å²) in [5, 5.41) is 9.44. The summed E-state index contributed by atoms with van der Waals surface area (Å²) in [6.45, 7) is 0. The van der Waals surface area contributed by atoms with Gasteiger partial charge in [-0.2, -0.15) is 0 Å². The Kier molecular flexibility index (Phi) is 5.54. The first-order chi connectivity index (χ1) is 21.8. The maximum Gasteiger partial charge on any atom is 0.143 e. The average molecular weight is 562 g/mol. The van der Waals surface area contributed by atoms with Crippen molar-refractivity contribution in [3.63, 3.8) is 0 Å². The van der Waals surface area contributed by atoms with Crippen LogP contribution in [0.1, 0.15) is 0 Å². The Morgan fingerprint density at radius 3 is 1.95 bits per heavy atom. The minimum Gasteiger partial charge on any atom is -0.455 e. The van der Waals surface area contributed by atoms with Gasteiger partial charge in [0.2, 0.25) is 0 Å². The maximum atomic E-state index is 6.61. The highest BCUT2D eigenvalue weighted by Crippen LogP contribution is 2.45. The molecule has 2 heteroatoms. The van der Waals surface area contributed by atoms with Gasteiger partial charge in [-0.1, -0.05) is 121 Å². The number of nitrogens with zero attached hydrogens (tertiary/aromatic N) is 1. The van der Waals surface area contributed by atoms with Crippen LogP contribution in [0.5, 0.6) is 0 Å².